The van der Waals surface area contributed by atoms with Gasteiger partial charge in [-0.05, 0) is 19.1 Å². The molecule has 0 aliphatic rings. The molecule has 0 fully saturated rings. The largest absolute Gasteiger partial charge is 0.398 e. The topological polar surface area (TPSA) is 101 Å². The summed E-state index contributed by atoms with van der Waals surface area (Å²) in [6.07, 6.45) is 0. The molecule has 0 unspecified atom stereocenters. The van der Waals surface area contributed by atoms with Gasteiger partial charge in [0.05, 0.1) is 5.75 Å². The SMILES string of the molecule is Cc1cc(NS(=O)(=O)CCSc2ccccc2N)n[nH]1. The zero-order valence-electron chi connectivity index (χ0n) is 11.0. The molecule has 2 aromatic rings. The second-order valence-corrected chi connectivity index (χ2v) is 7.22. The Morgan fingerprint density at radius 3 is 2.80 bits per heavy atom. The van der Waals surface area contributed by atoms with Crippen LogP contribution in [0.1, 0.15) is 5.69 Å². The van der Waals surface area contributed by atoms with Gasteiger partial charge < -0.3 is 5.73 Å². The average Bonchev–Trinajstić information content (AvgIpc) is 2.76. The summed E-state index contributed by atoms with van der Waals surface area (Å²) < 4.78 is 26.2. The molecule has 0 radical (unpaired) electrons. The number of nitrogens with zero attached hydrogens (tertiary/aromatic N) is 1. The Morgan fingerprint density at radius 1 is 1.40 bits per heavy atom. The Kier molecular flexibility index (Phi) is 4.56. The van der Waals surface area contributed by atoms with E-state index in [0.717, 1.165) is 10.6 Å². The Bertz CT molecular complexity index is 682. The quantitative estimate of drug-likeness (QED) is 0.558. The van der Waals surface area contributed by atoms with Crippen LogP contribution >= 0.6 is 11.8 Å². The number of hydrogen-bond acceptors (Lipinski definition) is 5. The molecule has 0 spiro atoms. The fourth-order valence-corrected chi connectivity index (χ4v) is 3.92. The van der Waals surface area contributed by atoms with Gasteiger partial charge in [0.15, 0.2) is 5.82 Å². The number of rotatable bonds is 6. The number of anilines is 2. The maximum absolute atomic E-state index is 11.9. The highest BCUT2D eigenvalue weighted by atomic mass is 32.2. The molecule has 1 heterocycles. The van der Waals surface area contributed by atoms with E-state index >= 15 is 0 Å². The molecule has 0 aliphatic carbocycles. The molecule has 6 nitrogen and oxygen atoms in total. The van der Waals surface area contributed by atoms with Crippen LogP contribution < -0.4 is 10.5 Å². The molecule has 1 aromatic heterocycles. The summed E-state index contributed by atoms with van der Waals surface area (Å²) in [5, 5.41) is 6.52. The number of para-hydroxylation sites is 1. The number of thioether (sulfide) groups is 1. The van der Waals surface area contributed by atoms with E-state index in [2.05, 4.69) is 14.9 Å². The van der Waals surface area contributed by atoms with Gasteiger partial charge in [-0.3, -0.25) is 9.82 Å². The summed E-state index contributed by atoms with van der Waals surface area (Å²) >= 11 is 1.42. The van der Waals surface area contributed by atoms with Crippen LogP contribution in [0.5, 0.6) is 0 Å². The summed E-state index contributed by atoms with van der Waals surface area (Å²) in [6.45, 7) is 1.80. The van der Waals surface area contributed by atoms with Crippen LogP contribution in [0.3, 0.4) is 0 Å². The monoisotopic (exact) mass is 312 g/mol. The van der Waals surface area contributed by atoms with Crippen molar-refractivity contribution in [2.45, 2.75) is 11.8 Å². The third-order valence-electron chi connectivity index (χ3n) is 2.49. The van der Waals surface area contributed by atoms with Gasteiger partial charge in [0.2, 0.25) is 10.0 Å². The zero-order valence-corrected chi connectivity index (χ0v) is 12.6. The molecular formula is C12H16N4O2S2. The molecule has 8 heteroatoms. The van der Waals surface area contributed by atoms with Crippen molar-refractivity contribution in [1.82, 2.24) is 10.2 Å². The van der Waals surface area contributed by atoms with Crippen molar-refractivity contribution in [2.75, 3.05) is 22.0 Å². The maximum atomic E-state index is 11.9. The second kappa shape index (κ2) is 6.19. The Balaban J connectivity index is 1.88. The third-order valence-corrected chi connectivity index (χ3v) is 5.11. The molecule has 4 N–H and O–H groups in total. The molecule has 0 amide bonds. The molecule has 0 bridgehead atoms. The fraction of sp³-hybridized carbons (Fsp3) is 0.250. The van der Waals surface area contributed by atoms with Gasteiger partial charge in [0.1, 0.15) is 0 Å². The molecular weight excluding hydrogens is 296 g/mol. The first-order chi connectivity index (χ1) is 9.46. The van der Waals surface area contributed by atoms with E-state index in [4.69, 9.17) is 5.73 Å². The van der Waals surface area contributed by atoms with Gasteiger partial charge >= 0.3 is 0 Å². The van der Waals surface area contributed by atoms with Crippen molar-refractivity contribution >= 4 is 33.3 Å². The van der Waals surface area contributed by atoms with Crippen LogP contribution in [0.15, 0.2) is 35.2 Å². The lowest BCUT2D eigenvalue weighted by Crippen LogP contribution is -2.18. The number of sulfonamides is 1. The van der Waals surface area contributed by atoms with Crippen LogP contribution in [-0.4, -0.2) is 30.1 Å². The van der Waals surface area contributed by atoms with Crippen molar-refractivity contribution in [2.24, 2.45) is 0 Å². The zero-order chi connectivity index (χ0) is 14.6. The van der Waals surface area contributed by atoms with E-state index in [9.17, 15) is 8.42 Å². The van der Waals surface area contributed by atoms with E-state index in [-0.39, 0.29) is 5.75 Å². The first-order valence-corrected chi connectivity index (χ1v) is 8.60. The van der Waals surface area contributed by atoms with Gasteiger partial charge in [-0.1, -0.05) is 12.1 Å². The fourth-order valence-electron chi connectivity index (χ4n) is 1.55. The van der Waals surface area contributed by atoms with E-state index in [1.807, 2.05) is 18.2 Å². The summed E-state index contributed by atoms with van der Waals surface area (Å²) in [4.78, 5) is 0.887. The standard InChI is InChI=1S/C12H16N4O2S2/c1-9-8-12(15-14-9)16-20(17,18)7-6-19-11-5-3-2-4-10(11)13/h2-5,8H,6-7,13H2,1H3,(H2,14,15,16). The van der Waals surface area contributed by atoms with Crippen molar-refractivity contribution in [3.63, 3.8) is 0 Å². The number of aryl methyl sites for hydroxylation is 1. The maximum Gasteiger partial charge on any atom is 0.234 e. The van der Waals surface area contributed by atoms with E-state index in [0.29, 0.717) is 17.3 Å². The number of aromatic nitrogens is 2. The normalized spacial score (nSPS) is 11.4. The van der Waals surface area contributed by atoms with Crippen molar-refractivity contribution < 1.29 is 8.42 Å². The van der Waals surface area contributed by atoms with Crippen LogP contribution in [0.4, 0.5) is 11.5 Å². The lowest BCUT2D eigenvalue weighted by Gasteiger charge is -2.06. The molecule has 0 aliphatic heterocycles. The minimum atomic E-state index is -3.40. The highest BCUT2D eigenvalue weighted by Crippen LogP contribution is 2.24. The van der Waals surface area contributed by atoms with Crippen molar-refractivity contribution in [3.8, 4) is 0 Å². The van der Waals surface area contributed by atoms with Crippen molar-refractivity contribution in [3.05, 3.63) is 36.0 Å². The van der Waals surface area contributed by atoms with Crippen LogP contribution in [0, 0.1) is 6.92 Å². The molecule has 1 aromatic carbocycles. The number of nitrogens with one attached hydrogen (secondary N) is 2. The predicted molar refractivity (Wildman–Crippen MR) is 82.3 cm³/mol. The predicted octanol–water partition coefficient (Wildman–Crippen LogP) is 1.83. The Labute approximate surface area is 122 Å². The summed E-state index contributed by atoms with van der Waals surface area (Å²) in [5.41, 5.74) is 7.25. The van der Waals surface area contributed by atoms with Crippen LogP contribution in [0.2, 0.25) is 0 Å². The number of nitrogens with two attached hydrogens (primary N) is 1. The smallest absolute Gasteiger partial charge is 0.234 e. The number of benzene rings is 1. The highest BCUT2D eigenvalue weighted by Gasteiger charge is 2.12. The van der Waals surface area contributed by atoms with Gasteiger partial charge in [0.25, 0.3) is 0 Å². The molecule has 108 valence electrons. The molecule has 0 saturated carbocycles. The first kappa shape index (κ1) is 14.7. The third kappa shape index (κ3) is 4.17. The summed E-state index contributed by atoms with van der Waals surface area (Å²) in [6, 6.07) is 9.02. The average molecular weight is 312 g/mol. The van der Waals surface area contributed by atoms with Crippen molar-refractivity contribution in [1.29, 1.82) is 0 Å². The number of H-pyrrole nitrogens is 1. The molecule has 0 atom stereocenters. The summed E-state index contributed by atoms with van der Waals surface area (Å²) in [7, 11) is -3.40. The van der Waals surface area contributed by atoms with Gasteiger partial charge in [0, 0.05) is 28.1 Å². The van der Waals surface area contributed by atoms with E-state index < -0.39 is 10.0 Å². The molecule has 0 saturated heterocycles. The lowest BCUT2D eigenvalue weighted by molar-refractivity contribution is 0.602. The second-order valence-electron chi connectivity index (χ2n) is 4.24. The lowest BCUT2D eigenvalue weighted by atomic mass is 10.3. The van der Waals surface area contributed by atoms with Gasteiger partial charge in [-0.2, -0.15) is 5.10 Å². The van der Waals surface area contributed by atoms with Gasteiger partial charge in [-0.25, -0.2) is 8.42 Å². The van der Waals surface area contributed by atoms with Gasteiger partial charge in [-0.15, -0.1) is 11.8 Å². The first-order valence-electron chi connectivity index (χ1n) is 5.96. The number of nitrogen functional groups attached to an aromatic ring is 1. The van der Waals surface area contributed by atoms with Crippen LogP contribution in [-0.2, 0) is 10.0 Å². The highest BCUT2D eigenvalue weighted by molar-refractivity contribution is 8.01. The number of aromatic amines is 1. The molecule has 2 rings (SSSR count). The number of hydrogen-bond donors (Lipinski definition) is 3. The van der Waals surface area contributed by atoms with Crippen LogP contribution in [0.25, 0.3) is 0 Å². The Morgan fingerprint density at radius 2 is 2.15 bits per heavy atom. The minimum Gasteiger partial charge on any atom is -0.398 e. The van der Waals surface area contributed by atoms with E-state index in [1.165, 1.54) is 11.8 Å². The molecule has 20 heavy (non-hydrogen) atoms. The summed E-state index contributed by atoms with van der Waals surface area (Å²) in [5.74, 6) is 0.733. The Hall–Kier alpha value is -1.67. The minimum absolute atomic E-state index is 0.00207. The van der Waals surface area contributed by atoms with E-state index in [1.54, 1.807) is 19.1 Å².